The van der Waals surface area contributed by atoms with Crippen molar-refractivity contribution in [3.05, 3.63) is 75.5 Å². The molecule has 0 aliphatic rings. The van der Waals surface area contributed by atoms with E-state index in [2.05, 4.69) is 5.10 Å². The Hall–Kier alpha value is -2.66. The van der Waals surface area contributed by atoms with Crippen molar-refractivity contribution in [2.75, 3.05) is 0 Å². The highest BCUT2D eigenvalue weighted by Gasteiger charge is 2.19. The number of nitrogens with zero attached hydrogens (tertiary/aromatic N) is 3. The number of carbonyl (C=O) groups excluding carboxylic acids is 1. The van der Waals surface area contributed by atoms with Gasteiger partial charge in [-0.25, -0.2) is 0 Å². The second-order valence-electron chi connectivity index (χ2n) is 6.43. The molecule has 3 aromatic rings. The SMILES string of the molecule is CC(C)N(Cc1cccc(Cl)c1)C(=O)Cn1ncc(=O)c2ccccc21. The molecule has 5 nitrogen and oxygen atoms in total. The van der Waals surface area contributed by atoms with Gasteiger partial charge in [0.1, 0.15) is 6.54 Å². The third-order valence-corrected chi connectivity index (χ3v) is 4.47. The van der Waals surface area contributed by atoms with Gasteiger partial charge in [0.05, 0.1) is 11.7 Å². The van der Waals surface area contributed by atoms with E-state index in [1.807, 2.05) is 44.2 Å². The Labute approximate surface area is 156 Å². The number of para-hydroxylation sites is 1. The maximum absolute atomic E-state index is 12.9. The highest BCUT2D eigenvalue weighted by molar-refractivity contribution is 6.30. The van der Waals surface area contributed by atoms with E-state index in [0.717, 1.165) is 5.56 Å². The molecular weight excluding hydrogens is 350 g/mol. The van der Waals surface area contributed by atoms with Crippen LogP contribution in [0, 0.1) is 0 Å². The Bertz CT molecular complexity index is 998. The first-order valence-corrected chi connectivity index (χ1v) is 8.82. The topological polar surface area (TPSA) is 55.2 Å². The predicted octanol–water partition coefficient (Wildman–Crippen LogP) is 3.49. The molecule has 0 bridgehead atoms. The molecule has 0 spiro atoms. The van der Waals surface area contributed by atoms with E-state index in [1.165, 1.54) is 6.20 Å². The number of aromatic nitrogens is 2. The number of fused-ring (bicyclic) bond motifs is 1. The minimum absolute atomic E-state index is 0.0205. The summed E-state index contributed by atoms with van der Waals surface area (Å²) < 4.78 is 1.58. The van der Waals surface area contributed by atoms with Gasteiger partial charge in [-0.2, -0.15) is 5.10 Å². The van der Waals surface area contributed by atoms with Crippen LogP contribution in [-0.2, 0) is 17.9 Å². The van der Waals surface area contributed by atoms with E-state index >= 15 is 0 Å². The number of benzene rings is 2. The lowest BCUT2D eigenvalue weighted by Crippen LogP contribution is -2.39. The number of halogens is 1. The summed E-state index contributed by atoms with van der Waals surface area (Å²) in [4.78, 5) is 26.7. The van der Waals surface area contributed by atoms with Gasteiger partial charge in [0.2, 0.25) is 11.3 Å². The Morgan fingerprint density at radius 1 is 1.19 bits per heavy atom. The summed E-state index contributed by atoms with van der Waals surface area (Å²) >= 11 is 6.05. The van der Waals surface area contributed by atoms with Crippen molar-refractivity contribution in [3.63, 3.8) is 0 Å². The number of carbonyl (C=O) groups is 1. The molecule has 0 unspecified atom stereocenters. The Balaban J connectivity index is 1.87. The molecule has 0 N–H and O–H groups in total. The van der Waals surface area contributed by atoms with Crippen LogP contribution in [0.1, 0.15) is 19.4 Å². The standard InChI is InChI=1S/C20H20ClN3O2/c1-14(2)23(12-15-6-5-7-16(21)10-15)20(26)13-24-18-9-4-3-8-17(18)19(25)11-22-24/h3-11,14H,12-13H2,1-2H3. The largest absolute Gasteiger partial charge is 0.334 e. The lowest BCUT2D eigenvalue weighted by Gasteiger charge is -2.27. The first-order chi connectivity index (χ1) is 12.5. The summed E-state index contributed by atoms with van der Waals surface area (Å²) in [5.74, 6) is -0.0683. The smallest absolute Gasteiger partial charge is 0.244 e. The van der Waals surface area contributed by atoms with Crippen LogP contribution in [0.15, 0.2) is 59.5 Å². The zero-order chi connectivity index (χ0) is 18.7. The Morgan fingerprint density at radius 3 is 2.69 bits per heavy atom. The van der Waals surface area contributed by atoms with Crippen molar-refractivity contribution >= 4 is 28.4 Å². The molecule has 0 atom stereocenters. The summed E-state index contributed by atoms with van der Waals surface area (Å²) in [6.45, 7) is 4.48. The number of hydrogen-bond donors (Lipinski definition) is 0. The van der Waals surface area contributed by atoms with Crippen molar-refractivity contribution in [2.24, 2.45) is 0 Å². The Kier molecular flexibility index (Phi) is 5.38. The molecule has 1 amide bonds. The predicted molar refractivity (Wildman–Crippen MR) is 103 cm³/mol. The first kappa shape index (κ1) is 18.1. The Morgan fingerprint density at radius 2 is 1.96 bits per heavy atom. The lowest BCUT2D eigenvalue weighted by atomic mass is 10.2. The molecular formula is C20H20ClN3O2. The van der Waals surface area contributed by atoms with Crippen molar-refractivity contribution in [1.29, 1.82) is 0 Å². The first-order valence-electron chi connectivity index (χ1n) is 8.44. The number of rotatable bonds is 5. The van der Waals surface area contributed by atoms with Gasteiger partial charge in [-0.3, -0.25) is 14.3 Å². The number of hydrogen-bond acceptors (Lipinski definition) is 3. The van der Waals surface area contributed by atoms with Gasteiger partial charge < -0.3 is 4.90 Å². The molecule has 0 aliphatic heterocycles. The molecule has 134 valence electrons. The second-order valence-corrected chi connectivity index (χ2v) is 6.87. The summed E-state index contributed by atoms with van der Waals surface area (Å²) in [6.07, 6.45) is 1.26. The third-order valence-electron chi connectivity index (χ3n) is 4.23. The van der Waals surface area contributed by atoms with Crippen molar-refractivity contribution in [3.8, 4) is 0 Å². The molecule has 6 heteroatoms. The van der Waals surface area contributed by atoms with Gasteiger partial charge in [-0.1, -0.05) is 35.9 Å². The molecule has 0 fully saturated rings. The van der Waals surface area contributed by atoms with Crippen LogP contribution < -0.4 is 5.43 Å². The van der Waals surface area contributed by atoms with Gasteiger partial charge in [-0.05, 0) is 43.7 Å². The van der Waals surface area contributed by atoms with Gasteiger partial charge in [0.15, 0.2) is 0 Å². The van der Waals surface area contributed by atoms with Crippen molar-refractivity contribution in [1.82, 2.24) is 14.7 Å². The van der Waals surface area contributed by atoms with Gasteiger partial charge >= 0.3 is 0 Å². The van der Waals surface area contributed by atoms with Crippen LogP contribution in [0.5, 0.6) is 0 Å². The van der Waals surface area contributed by atoms with Gasteiger partial charge in [0.25, 0.3) is 0 Å². The fourth-order valence-electron chi connectivity index (χ4n) is 2.90. The van der Waals surface area contributed by atoms with E-state index < -0.39 is 0 Å². The van der Waals surface area contributed by atoms with Crippen LogP contribution in [0.2, 0.25) is 5.02 Å². The third kappa shape index (κ3) is 3.94. The highest BCUT2D eigenvalue weighted by Crippen LogP contribution is 2.15. The maximum atomic E-state index is 12.9. The molecule has 3 rings (SSSR count). The van der Waals surface area contributed by atoms with Crippen LogP contribution in [0.4, 0.5) is 0 Å². The highest BCUT2D eigenvalue weighted by atomic mass is 35.5. The average Bonchev–Trinajstić information content (AvgIpc) is 2.62. The average molecular weight is 370 g/mol. The van der Waals surface area contributed by atoms with Crippen molar-refractivity contribution < 1.29 is 4.79 Å². The molecule has 0 aliphatic carbocycles. The fourth-order valence-corrected chi connectivity index (χ4v) is 3.11. The quantitative estimate of drug-likeness (QED) is 0.691. The van der Waals surface area contributed by atoms with E-state index in [4.69, 9.17) is 11.6 Å². The molecule has 1 aromatic heterocycles. The van der Waals surface area contributed by atoms with Crippen LogP contribution in [0.3, 0.4) is 0 Å². The zero-order valence-electron chi connectivity index (χ0n) is 14.7. The maximum Gasteiger partial charge on any atom is 0.244 e. The van der Waals surface area contributed by atoms with Crippen LogP contribution in [-0.4, -0.2) is 26.6 Å². The van der Waals surface area contributed by atoms with E-state index in [9.17, 15) is 9.59 Å². The number of amides is 1. The molecule has 0 radical (unpaired) electrons. The molecule has 1 heterocycles. The van der Waals surface area contributed by atoms with Crippen molar-refractivity contribution in [2.45, 2.75) is 33.0 Å². The summed E-state index contributed by atoms with van der Waals surface area (Å²) in [7, 11) is 0. The van der Waals surface area contributed by atoms with E-state index in [-0.39, 0.29) is 23.9 Å². The second kappa shape index (κ2) is 7.70. The molecule has 0 saturated heterocycles. The van der Waals surface area contributed by atoms with Gasteiger partial charge in [0, 0.05) is 23.0 Å². The summed E-state index contributed by atoms with van der Waals surface area (Å²) in [6, 6.07) is 14.7. The summed E-state index contributed by atoms with van der Waals surface area (Å²) in [5.41, 5.74) is 1.47. The van der Waals surface area contributed by atoms with Crippen LogP contribution in [0.25, 0.3) is 10.9 Å². The zero-order valence-corrected chi connectivity index (χ0v) is 15.5. The fraction of sp³-hybridized carbons (Fsp3) is 0.250. The van der Waals surface area contributed by atoms with E-state index in [1.54, 1.807) is 27.8 Å². The summed E-state index contributed by atoms with van der Waals surface area (Å²) in [5, 5.41) is 5.35. The lowest BCUT2D eigenvalue weighted by molar-refractivity contribution is -0.134. The minimum Gasteiger partial charge on any atom is -0.334 e. The molecule has 2 aromatic carbocycles. The molecule has 26 heavy (non-hydrogen) atoms. The van der Waals surface area contributed by atoms with E-state index in [0.29, 0.717) is 22.5 Å². The minimum atomic E-state index is -0.149. The monoisotopic (exact) mass is 369 g/mol. The van der Waals surface area contributed by atoms with Crippen LogP contribution >= 0.6 is 11.6 Å². The molecule has 0 saturated carbocycles. The van der Waals surface area contributed by atoms with Gasteiger partial charge in [-0.15, -0.1) is 0 Å². The normalized spacial score (nSPS) is 11.1.